The highest BCUT2D eigenvalue weighted by atomic mass is 19.1. The number of rotatable bonds is 0. The fourth-order valence-corrected chi connectivity index (χ4v) is 2.49. The van der Waals surface area contributed by atoms with Gasteiger partial charge in [-0.2, -0.15) is 5.26 Å². The summed E-state index contributed by atoms with van der Waals surface area (Å²) in [7, 11) is 0. The molecule has 0 aliphatic heterocycles. The molecule has 0 N–H and O–H groups in total. The van der Waals surface area contributed by atoms with Crippen LogP contribution in [0.1, 0.15) is 38.9 Å². The molecule has 0 bridgehead atoms. The van der Waals surface area contributed by atoms with Gasteiger partial charge in [0.2, 0.25) is 0 Å². The van der Waals surface area contributed by atoms with Crippen molar-refractivity contribution in [1.82, 2.24) is 0 Å². The molecule has 0 unspecified atom stereocenters. The summed E-state index contributed by atoms with van der Waals surface area (Å²) in [5.41, 5.74) is 5.53. The molecule has 0 fully saturated rings. The first kappa shape index (κ1) is 18.0. The van der Waals surface area contributed by atoms with Crippen LogP contribution in [0.3, 0.4) is 0 Å². The number of nitriles is 1. The first-order valence-corrected chi connectivity index (χ1v) is 8.46. The zero-order valence-electron chi connectivity index (χ0n) is 15.1. The van der Waals surface area contributed by atoms with Crippen LogP contribution in [0.25, 0.3) is 0 Å². The van der Waals surface area contributed by atoms with E-state index in [9.17, 15) is 4.39 Å². The van der Waals surface area contributed by atoms with Gasteiger partial charge in [0.1, 0.15) is 11.9 Å². The van der Waals surface area contributed by atoms with Crippen LogP contribution in [0, 0.1) is 54.7 Å². The molecule has 3 aromatic rings. The van der Waals surface area contributed by atoms with Gasteiger partial charge in [-0.05, 0) is 67.9 Å². The van der Waals surface area contributed by atoms with E-state index in [-0.39, 0.29) is 5.56 Å². The molecular formula is C25H16FN. The third kappa shape index (κ3) is 4.64. The van der Waals surface area contributed by atoms with Crippen LogP contribution in [-0.2, 0) is 0 Å². The summed E-state index contributed by atoms with van der Waals surface area (Å²) in [6, 6.07) is 20.1. The molecule has 0 amide bonds. The molecule has 0 aliphatic rings. The summed E-state index contributed by atoms with van der Waals surface area (Å²) in [6.07, 6.45) is 0. The van der Waals surface area contributed by atoms with Gasteiger partial charge in [-0.1, -0.05) is 41.4 Å². The van der Waals surface area contributed by atoms with Crippen LogP contribution in [0.15, 0.2) is 60.7 Å². The van der Waals surface area contributed by atoms with Crippen molar-refractivity contribution in [3.05, 3.63) is 105 Å². The van der Waals surface area contributed by atoms with E-state index in [1.807, 2.05) is 56.3 Å². The molecule has 0 saturated carbocycles. The minimum absolute atomic E-state index is 0.0215. The van der Waals surface area contributed by atoms with Crippen LogP contribution in [0.4, 0.5) is 4.39 Å². The number of halogens is 1. The molecular weight excluding hydrogens is 333 g/mol. The Hall–Kier alpha value is -3.80. The summed E-state index contributed by atoms with van der Waals surface area (Å²) in [5.74, 6) is 11.8. The zero-order valence-corrected chi connectivity index (χ0v) is 15.1. The number of benzene rings is 3. The summed E-state index contributed by atoms with van der Waals surface area (Å²) in [6.45, 7) is 4.02. The van der Waals surface area contributed by atoms with E-state index in [4.69, 9.17) is 5.26 Å². The van der Waals surface area contributed by atoms with Gasteiger partial charge in [-0.15, -0.1) is 0 Å². The van der Waals surface area contributed by atoms with Gasteiger partial charge in [0, 0.05) is 22.3 Å². The second-order valence-electron chi connectivity index (χ2n) is 6.20. The third-order valence-electron chi connectivity index (χ3n) is 4.06. The maximum Gasteiger partial charge on any atom is 0.142 e. The molecule has 128 valence electrons. The van der Waals surface area contributed by atoms with E-state index in [0.29, 0.717) is 5.56 Å². The Morgan fingerprint density at radius 2 is 1.22 bits per heavy atom. The molecule has 3 aromatic carbocycles. The maximum atomic E-state index is 13.6. The second-order valence-corrected chi connectivity index (χ2v) is 6.20. The minimum atomic E-state index is -0.553. The summed E-state index contributed by atoms with van der Waals surface area (Å²) in [5, 5.41) is 8.77. The zero-order chi connectivity index (χ0) is 19.2. The van der Waals surface area contributed by atoms with Crippen LogP contribution < -0.4 is 0 Å². The van der Waals surface area contributed by atoms with Crippen molar-refractivity contribution in [1.29, 1.82) is 5.26 Å². The average molecular weight is 349 g/mol. The molecule has 0 aliphatic carbocycles. The van der Waals surface area contributed by atoms with Gasteiger partial charge < -0.3 is 0 Å². The Morgan fingerprint density at radius 3 is 1.85 bits per heavy atom. The molecule has 0 spiro atoms. The van der Waals surface area contributed by atoms with Crippen molar-refractivity contribution < 1.29 is 4.39 Å². The summed E-state index contributed by atoms with van der Waals surface area (Å²) < 4.78 is 13.6. The minimum Gasteiger partial charge on any atom is -0.206 e. The second kappa shape index (κ2) is 8.05. The van der Waals surface area contributed by atoms with Gasteiger partial charge in [-0.25, -0.2) is 4.39 Å². The Kier molecular flexibility index (Phi) is 5.37. The standard InChI is InChI=1S/C25H16FN/c1-18-3-5-20(6-4-18)7-8-21-9-12-23(19(2)15-21)13-10-22-11-14-24(17-27)25(26)16-22/h3-6,9,11-12,14-16H,1-2H3. The van der Waals surface area contributed by atoms with Gasteiger partial charge in [0.15, 0.2) is 0 Å². The number of hydrogen-bond acceptors (Lipinski definition) is 1. The molecule has 0 aromatic heterocycles. The van der Waals surface area contributed by atoms with E-state index in [1.165, 1.54) is 17.7 Å². The lowest BCUT2D eigenvalue weighted by molar-refractivity contribution is 0.623. The monoisotopic (exact) mass is 349 g/mol. The van der Waals surface area contributed by atoms with Crippen LogP contribution in [-0.4, -0.2) is 0 Å². The van der Waals surface area contributed by atoms with E-state index in [2.05, 4.69) is 23.7 Å². The van der Waals surface area contributed by atoms with E-state index in [0.717, 1.165) is 22.3 Å². The fraction of sp³-hybridized carbons (Fsp3) is 0.0800. The molecule has 0 radical (unpaired) electrons. The average Bonchev–Trinajstić information content (AvgIpc) is 2.67. The topological polar surface area (TPSA) is 23.8 Å². The van der Waals surface area contributed by atoms with Crippen LogP contribution in [0.2, 0.25) is 0 Å². The molecule has 0 saturated heterocycles. The van der Waals surface area contributed by atoms with Crippen molar-refractivity contribution in [3.63, 3.8) is 0 Å². The van der Waals surface area contributed by atoms with Gasteiger partial charge in [-0.3, -0.25) is 0 Å². The number of aryl methyl sites for hydroxylation is 2. The van der Waals surface area contributed by atoms with Gasteiger partial charge in [0.25, 0.3) is 0 Å². The number of hydrogen-bond donors (Lipinski definition) is 0. The molecule has 3 rings (SSSR count). The summed E-state index contributed by atoms with van der Waals surface area (Å²) >= 11 is 0. The molecule has 27 heavy (non-hydrogen) atoms. The molecule has 2 heteroatoms. The molecule has 0 atom stereocenters. The van der Waals surface area contributed by atoms with E-state index < -0.39 is 5.82 Å². The first-order chi connectivity index (χ1) is 13.0. The third-order valence-corrected chi connectivity index (χ3v) is 4.06. The lowest BCUT2D eigenvalue weighted by Gasteiger charge is -1.99. The first-order valence-electron chi connectivity index (χ1n) is 8.46. The predicted octanol–water partition coefficient (Wildman–Crippen LogP) is 5.11. The highest BCUT2D eigenvalue weighted by Gasteiger charge is 2.01. The van der Waals surface area contributed by atoms with Gasteiger partial charge in [0.05, 0.1) is 5.56 Å². The quantitative estimate of drug-likeness (QED) is 0.517. The van der Waals surface area contributed by atoms with Gasteiger partial charge >= 0.3 is 0 Å². The Bertz CT molecular complexity index is 1160. The van der Waals surface area contributed by atoms with Crippen molar-refractivity contribution in [2.24, 2.45) is 0 Å². The largest absolute Gasteiger partial charge is 0.206 e. The lowest BCUT2D eigenvalue weighted by atomic mass is 10.0. The van der Waals surface area contributed by atoms with Crippen molar-refractivity contribution in [2.75, 3.05) is 0 Å². The Morgan fingerprint density at radius 1 is 0.667 bits per heavy atom. The fourth-order valence-electron chi connectivity index (χ4n) is 2.49. The van der Waals surface area contributed by atoms with Crippen molar-refractivity contribution in [3.8, 4) is 29.8 Å². The maximum absolute atomic E-state index is 13.6. The Balaban J connectivity index is 1.81. The van der Waals surface area contributed by atoms with Crippen LogP contribution in [0.5, 0.6) is 0 Å². The SMILES string of the molecule is Cc1ccc(C#Cc2ccc(C#Cc3ccc(C#N)c(F)c3)c(C)c2)cc1. The van der Waals surface area contributed by atoms with Crippen molar-refractivity contribution in [2.45, 2.75) is 13.8 Å². The molecule has 1 nitrogen and oxygen atoms in total. The van der Waals surface area contributed by atoms with E-state index in [1.54, 1.807) is 12.1 Å². The normalized spacial score (nSPS) is 9.41. The highest BCUT2D eigenvalue weighted by Crippen LogP contribution is 2.12. The highest BCUT2D eigenvalue weighted by molar-refractivity contribution is 5.52. The van der Waals surface area contributed by atoms with Crippen LogP contribution >= 0.6 is 0 Å². The predicted molar refractivity (Wildman–Crippen MR) is 105 cm³/mol. The summed E-state index contributed by atoms with van der Waals surface area (Å²) in [4.78, 5) is 0. The van der Waals surface area contributed by atoms with E-state index >= 15 is 0 Å². The lowest BCUT2D eigenvalue weighted by Crippen LogP contribution is -1.87. The molecule has 0 heterocycles. The smallest absolute Gasteiger partial charge is 0.142 e. The van der Waals surface area contributed by atoms with Crippen molar-refractivity contribution >= 4 is 0 Å². The Labute approximate surface area is 159 Å². The number of nitrogens with zero attached hydrogens (tertiary/aromatic N) is 1.